The highest BCUT2D eigenvalue weighted by Crippen LogP contribution is 2.27. The Balaban J connectivity index is 2.09. The lowest BCUT2D eigenvalue weighted by Gasteiger charge is -2.09. The van der Waals surface area contributed by atoms with Gasteiger partial charge in [0.25, 0.3) is 0 Å². The maximum atomic E-state index is 13.5. The van der Waals surface area contributed by atoms with Gasteiger partial charge >= 0.3 is 11.8 Å². The topological polar surface area (TPSA) is 67.4 Å². The first-order valence-electron chi connectivity index (χ1n) is 6.43. The van der Waals surface area contributed by atoms with E-state index in [-0.39, 0.29) is 10.7 Å². The van der Waals surface area contributed by atoms with Crippen LogP contribution in [-0.2, 0) is 9.59 Å². The molecule has 2 N–H and O–H groups in total. The lowest BCUT2D eigenvalue weighted by atomic mass is 10.2. The van der Waals surface area contributed by atoms with Crippen molar-refractivity contribution in [2.45, 2.75) is 0 Å². The normalized spacial score (nSPS) is 10.2. The predicted octanol–water partition coefficient (Wildman–Crippen LogP) is 3.34. The van der Waals surface area contributed by atoms with Crippen molar-refractivity contribution < 1.29 is 27.5 Å². The van der Waals surface area contributed by atoms with E-state index in [0.29, 0.717) is 11.8 Å². The molecule has 0 atom stereocenters. The van der Waals surface area contributed by atoms with Crippen molar-refractivity contribution >= 4 is 34.8 Å². The maximum absolute atomic E-state index is 13.5. The lowest BCUT2D eigenvalue weighted by Crippen LogP contribution is -2.29. The van der Waals surface area contributed by atoms with E-state index in [9.17, 15) is 22.8 Å². The first kappa shape index (κ1) is 17.6. The van der Waals surface area contributed by atoms with Crippen LogP contribution in [0.2, 0.25) is 5.02 Å². The molecule has 126 valence electrons. The number of hydrogen-bond donors (Lipinski definition) is 2. The van der Waals surface area contributed by atoms with Gasteiger partial charge in [-0.1, -0.05) is 11.6 Å². The Bertz CT molecular complexity index is 815. The van der Waals surface area contributed by atoms with Crippen LogP contribution in [0.3, 0.4) is 0 Å². The van der Waals surface area contributed by atoms with Crippen LogP contribution in [-0.4, -0.2) is 18.9 Å². The summed E-state index contributed by atoms with van der Waals surface area (Å²) in [6.45, 7) is 0. The Morgan fingerprint density at radius 1 is 1.00 bits per heavy atom. The molecule has 9 heteroatoms. The van der Waals surface area contributed by atoms with E-state index in [1.54, 1.807) is 0 Å². The zero-order chi connectivity index (χ0) is 17.9. The molecule has 0 spiro atoms. The number of anilines is 2. The Morgan fingerprint density at radius 3 is 2.29 bits per heavy atom. The van der Waals surface area contributed by atoms with Gasteiger partial charge in [-0.15, -0.1) is 0 Å². The summed E-state index contributed by atoms with van der Waals surface area (Å²) in [5.41, 5.74) is -0.478. The summed E-state index contributed by atoms with van der Waals surface area (Å²) in [5.74, 6) is -6.84. The van der Waals surface area contributed by atoms with Crippen LogP contribution < -0.4 is 15.4 Å². The SMILES string of the molecule is COc1ccc(NC(=O)C(=O)Nc2ccc(F)c(F)c2F)cc1Cl. The molecule has 2 aromatic rings. The molecule has 24 heavy (non-hydrogen) atoms. The minimum absolute atomic E-state index is 0.187. The number of nitrogens with one attached hydrogen (secondary N) is 2. The van der Waals surface area contributed by atoms with Crippen molar-refractivity contribution in [1.82, 2.24) is 0 Å². The minimum Gasteiger partial charge on any atom is -0.495 e. The van der Waals surface area contributed by atoms with Crippen LogP contribution >= 0.6 is 11.6 Å². The molecule has 2 amide bonds. The Labute approximate surface area is 139 Å². The monoisotopic (exact) mass is 358 g/mol. The van der Waals surface area contributed by atoms with Gasteiger partial charge < -0.3 is 15.4 Å². The van der Waals surface area contributed by atoms with Crippen LogP contribution in [0.1, 0.15) is 0 Å². The van der Waals surface area contributed by atoms with Gasteiger partial charge in [0.15, 0.2) is 17.5 Å². The average Bonchev–Trinajstić information content (AvgIpc) is 2.55. The Morgan fingerprint density at radius 2 is 1.67 bits per heavy atom. The number of hydrogen-bond acceptors (Lipinski definition) is 3. The smallest absolute Gasteiger partial charge is 0.314 e. The van der Waals surface area contributed by atoms with Gasteiger partial charge in [0.1, 0.15) is 5.75 Å². The number of carbonyl (C=O) groups excluding carboxylic acids is 2. The number of ether oxygens (including phenoxy) is 1. The summed E-state index contributed by atoms with van der Waals surface area (Å²) in [6.07, 6.45) is 0. The highest BCUT2D eigenvalue weighted by Gasteiger charge is 2.19. The first-order valence-corrected chi connectivity index (χ1v) is 6.80. The molecule has 0 radical (unpaired) electrons. The summed E-state index contributed by atoms with van der Waals surface area (Å²) in [5, 5.41) is 4.26. The molecule has 5 nitrogen and oxygen atoms in total. The Kier molecular flexibility index (Phi) is 5.30. The van der Waals surface area contributed by atoms with Crippen molar-refractivity contribution in [2.24, 2.45) is 0 Å². The average molecular weight is 359 g/mol. The quantitative estimate of drug-likeness (QED) is 0.653. The number of methoxy groups -OCH3 is 1. The van der Waals surface area contributed by atoms with Gasteiger partial charge in [0, 0.05) is 5.69 Å². The highest BCUT2D eigenvalue weighted by molar-refractivity contribution is 6.43. The van der Waals surface area contributed by atoms with Crippen molar-refractivity contribution in [3.8, 4) is 5.75 Å². The van der Waals surface area contributed by atoms with Crippen LogP contribution in [0.5, 0.6) is 5.75 Å². The zero-order valence-corrected chi connectivity index (χ0v) is 12.9. The van der Waals surface area contributed by atoms with Gasteiger partial charge in [0.2, 0.25) is 0 Å². The fourth-order valence-electron chi connectivity index (χ4n) is 1.73. The van der Waals surface area contributed by atoms with E-state index in [4.69, 9.17) is 16.3 Å². The van der Waals surface area contributed by atoms with E-state index in [1.807, 2.05) is 5.32 Å². The second-order valence-corrected chi connectivity index (χ2v) is 4.89. The van der Waals surface area contributed by atoms with Crippen LogP contribution in [0, 0.1) is 17.5 Å². The van der Waals surface area contributed by atoms with E-state index < -0.39 is 35.0 Å². The number of halogens is 4. The molecular formula is C15H10ClF3N2O3. The molecule has 2 rings (SSSR count). The molecule has 0 aliphatic heterocycles. The number of rotatable bonds is 3. The summed E-state index contributed by atoms with van der Waals surface area (Å²) in [6, 6.07) is 5.64. The molecule has 0 aliphatic rings. The first-order chi connectivity index (χ1) is 11.3. The van der Waals surface area contributed by atoms with Gasteiger partial charge in [-0.2, -0.15) is 0 Å². The zero-order valence-electron chi connectivity index (χ0n) is 12.1. The third kappa shape index (κ3) is 3.77. The summed E-state index contributed by atoms with van der Waals surface area (Å²) < 4.78 is 44.3. The van der Waals surface area contributed by atoms with Gasteiger partial charge in [0.05, 0.1) is 17.8 Å². The van der Waals surface area contributed by atoms with Gasteiger partial charge in [-0.3, -0.25) is 9.59 Å². The van der Waals surface area contributed by atoms with Crippen molar-refractivity contribution in [2.75, 3.05) is 17.7 Å². The Hall–Kier alpha value is -2.74. The number of benzene rings is 2. The second kappa shape index (κ2) is 7.22. The number of carbonyl (C=O) groups is 2. The van der Waals surface area contributed by atoms with E-state index in [1.165, 1.54) is 25.3 Å². The number of amides is 2. The fourth-order valence-corrected chi connectivity index (χ4v) is 1.99. The largest absolute Gasteiger partial charge is 0.495 e. The predicted molar refractivity (Wildman–Crippen MR) is 81.6 cm³/mol. The second-order valence-electron chi connectivity index (χ2n) is 4.48. The maximum Gasteiger partial charge on any atom is 0.314 e. The molecule has 0 heterocycles. The minimum atomic E-state index is -1.75. The molecule has 0 unspecified atom stereocenters. The third-order valence-corrected chi connectivity index (χ3v) is 3.19. The molecule has 0 saturated heterocycles. The van der Waals surface area contributed by atoms with Gasteiger partial charge in [-0.05, 0) is 30.3 Å². The molecule has 0 saturated carbocycles. The van der Waals surface area contributed by atoms with Crippen LogP contribution in [0.4, 0.5) is 24.5 Å². The molecule has 0 fully saturated rings. The summed E-state index contributed by atoms with van der Waals surface area (Å²) >= 11 is 5.87. The molecule has 2 aromatic carbocycles. The lowest BCUT2D eigenvalue weighted by molar-refractivity contribution is -0.133. The van der Waals surface area contributed by atoms with Crippen molar-refractivity contribution in [3.05, 3.63) is 52.8 Å². The molecule has 0 bridgehead atoms. The van der Waals surface area contributed by atoms with E-state index in [0.717, 1.165) is 6.07 Å². The van der Waals surface area contributed by atoms with E-state index >= 15 is 0 Å². The summed E-state index contributed by atoms with van der Waals surface area (Å²) in [4.78, 5) is 23.5. The highest BCUT2D eigenvalue weighted by atomic mass is 35.5. The van der Waals surface area contributed by atoms with Crippen molar-refractivity contribution in [3.63, 3.8) is 0 Å². The third-order valence-electron chi connectivity index (χ3n) is 2.90. The van der Waals surface area contributed by atoms with Crippen molar-refractivity contribution in [1.29, 1.82) is 0 Å². The van der Waals surface area contributed by atoms with Gasteiger partial charge in [-0.25, -0.2) is 13.2 Å². The molecular weight excluding hydrogens is 349 g/mol. The van der Waals surface area contributed by atoms with Crippen LogP contribution in [0.25, 0.3) is 0 Å². The van der Waals surface area contributed by atoms with E-state index in [2.05, 4.69) is 5.32 Å². The standard InChI is InChI=1S/C15H10ClF3N2O3/c1-24-11-5-2-7(6-8(11)16)20-14(22)15(23)21-10-4-3-9(17)12(18)13(10)19/h2-6H,1H3,(H,20,22)(H,21,23). The molecule has 0 aliphatic carbocycles. The molecule has 0 aromatic heterocycles. The van der Waals surface area contributed by atoms with Crippen LogP contribution in [0.15, 0.2) is 30.3 Å². The summed E-state index contributed by atoms with van der Waals surface area (Å²) in [7, 11) is 1.41. The fraction of sp³-hybridized carbons (Fsp3) is 0.0667.